The maximum Gasteiger partial charge on any atom is 0.191 e. The summed E-state index contributed by atoms with van der Waals surface area (Å²) in [5, 5.41) is 6.78. The van der Waals surface area contributed by atoms with E-state index in [1.54, 1.807) is 7.05 Å². The maximum absolute atomic E-state index is 11.3. The summed E-state index contributed by atoms with van der Waals surface area (Å²) in [6.07, 6.45) is 11.9. The monoisotopic (exact) mass is 497 g/mol. The van der Waals surface area contributed by atoms with E-state index in [4.69, 9.17) is 0 Å². The van der Waals surface area contributed by atoms with E-state index in [-0.39, 0.29) is 35.8 Å². The molecule has 4 aliphatic carbocycles. The van der Waals surface area contributed by atoms with Crippen molar-refractivity contribution in [2.45, 2.75) is 64.3 Å². The summed E-state index contributed by atoms with van der Waals surface area (Å²) < 4.78 is 22.6. The first-order chi connectivity index (χ1) is 11.8. The largest absolute Gasteiger partial charge is 0.356 e. The lowest BCUT2D eigenvalue weighted by Crippen LogP contribution is -2.48. The number of rotatable bonds is 7. The molecule has 2 N–H and O–H groups in total. The number of guanidine groups is 1. The van der Waals surface area contributed by atoms with Crippen LogP contribution in [0.3, 0.4) is 0 Å². The highest BCUT2D eigenvalue weighted by Gasteiger charge is 2.50. The Balaban J connectivity index is 0.00000243. The fraction of sp³-hybridized carbons (Fsp3) is 0.947. The molecule has 7 heteroatoms. The Morgan fingerprint density at radius 3 is 2.15 bits per heavy atom. The van der Waals surface area contributed by atoms with Crippen LogP contribution in [0.15, 0.2) is 4.99 Å². The molecule has 4 bridgehead atoms. The molecular formula is C19H36IN3O2S. The average molecular weight is 497 g/mol. The summed E-state index contributed by atoms with van der Waals surface area (Å²) in [4.78, 5) is 4.30. The minimum absolute atomic E-state index is 0. The van der Waals surface area contributed by atoms with Gasteiger partial charge in [0.15, 0.2) is 5.96 Å². The first-order valence-electron chi connectivity index (χ1n) is 9.92. The van der Waals surface area contributed by atoms with Crippen molar-refractivity contribution >= 4 is 39.8 Å². The minimum atomic E-state index is -2.90. The molecule has 0 aromatic heterocycles. The van der Waals surface area contributed by atoms with Crippen molar-refractivity contribution in [2.75, 3.05) is 25.6 Å². The minimum Gasteiger partial charge on any atom is -0.356 e. The molecule has 0 aliphatic heterocycles. The van der Waals surface area contributed by atoms with E-state index in [1.807, 2.05) is 6.92 Å². The average Bonchev–Trinajstić information content (AvgIpc) is 2.50. The van der Waals surface area contributed by atoms with Crippen LogP contribution in [0.2, 0.25) is 0 Å². The lowest BCUT2D eigenvalue weighted by Gasteiger charge is -2.57. The van der Waals surface area contributed by atoms with Crippen LogP contribution in [0.25, 0.3) is 0 Å². The molecule has 4 fully saturated rings. The Morgan fingerprint density at radius 1 is 1.15 bits per heavy atom. The highest BCUT2D eigenvalue weighted by atomic mass is 127. The van der Waals surface area contributed by atoms with Crippen LogP contribution in [0.5, 0.6) is 0 Å². The predicted molar refractivity (Wildman–Crippen MR) is 119 cm³/mol. The molecule has 5 nitrogen and oxygen atoms in total. The topological polar surface area (TPSA) is 70.6 Å². The highest BCUT2D eigenvalue weighted by molar-refractivity contribution is 14.0. The number of nitrogens with one attached hydrogen (secondary N) is 2. The van der Waals surface area contributed by atoms with Crippen LogP contribution < -0.4 is 10.6 Å². The number of hydrogen-bond acceptors (Lipinski definition) is 3. The Labute approximate surface area is 176 Å². The lowest BCUT2D eigenvalue weighted by molar-refractivity contribution is -0.0562. The fourth-order valence-corrected chi connectivity index (χ4v) is 6.72. The number of nitrogens with zero attached hydrogens (tertiary/aromatic N) is 1. The van der Waals surface area contributed by atoms with Crippen molar-refractivity contribution in [1.82, 2.24) is 10.6 Å². The molecule has 0 aromatic carbocycles. The van der Waals surface area contributed by atoms with E-state index >= 15 is 0 Å². The number of aliphatic imine (C=N–C) groups is 1. The first-order valence-corrected chi connectivity index (χ1v) is 12.0. The Kier molecular flexibility index (Phi) is 7.67. The third-order valence-electron chi connectivity index (χ3n) is 6.64. The summed E-state index contributed by atoms with van der Waals surface area (Å²) in [6, 6.07) is 0.0977. The highest BCUT2D eigenvalue weighted by Crippen LogP contribution is 2.61. The van der Waals surface area contributed by atoms with Crippen LogP contribution >= 0.6 is 24.0 Å². The van der Waals surface area contributed by atoms with E-state index < -0.39 is 9.84 Å². The second kappa shape index (κ2) is 8.97. The van der Waals surface area contributed by atoms with Crippen LogP contribution in [0, 0.1) is 23.2 Å². The van der Waals surface area contributed by atoms with Gasteiger partial charge in [-0.3, -0.25) is 4.99 Å². The molecule has 0 amide bonds. The van der Waals surface area contributed by atoms with Gasteiger partial charge in [0.05, 0.1) is 5.75 Å². The molecular weight excluding hydrogens is 461 g/mol. The normalized spacial score (nSPS) is 34.3. The zero-order chi connectivity index (χ0) is 18.1. The molecule has 26 heavy (non-hydrogen) atoms. The van der Waals surface area contributed by atoms with Gasteiger partial charge >= 0.3 is 0 Å². The van der Waals surface area contributed by atoms with Gasteiger partial charge in [-0.1, -0.05) is 0 Å². The van der Waals surface area contributed by atoms with Crippen molar-refractivity contribution in [3.63, 3.8) is 0 Å². The number of hydrogen-bond donors (Lipinski definition) is 2. The molecule has 4 saturated carbocycles. The van der Waals surface area contributed by atoms with Crippen LogP contribution in [-0.4, -0.2) is 46.0 Å². The SMILES string of the molecule is CN=C(NCCC12CC3CC(CC(C3)C1)C2)NC(C)CCS(C)(=O)=O.I. The van der Waals surface area contributed by atoms with Gasteiger partial charge in [0, 0.05) is 25.9 Å². The smallest absolute Gasteiger partial charge is 0.191 e. The molecule has 1 unspecified atom stereocenters. The van der Waals surface area contributed by atoms with Gasteiger partial charge in [0.1, 0.15) is 9.84 Å². The predicted octanol–water partition coefficient (Wildman–Crippen LogP) is 3.20. The van der Waals surface area contributed by atoms with Gasteiger partial charge in [-0.25, -0.2) is 8.42 Å². The van der Waals surface area contributed by atoms with Crippen LogP contribution in [-0.2, 0) is 9.84 Å². The van der Waals surface area contributed by atoms with Gasteiger partial charge in [0.25, 0.3) is 0 Å². The zero-order valence-corrected chi connectivity index (χ0v) is 19.6. The Hall–Kier alpha value is -0.0500. The maximum atomic E-state index is 11.3. The van der Waals surface area contributed by atoms with Gasteiger partial charge < -0.3 is 10.6 Å². The first kappa shape index (κ1) is 22.2. The van der Waals surface area contributed by atoms with E-state index in [9.17, 15) is 8.42 Å². The summed E-state index contributed by atoms with van der Waals surface area (Å²) in [6.45, 7) is 2.97. The molecule has 4 aliphatic rings. The van der Waals surface area contributed by atoms with Crippen LogP contribution in [0.1, 0.15) is 58.3 Å². The van der Waals surface area contributed by atoms with Crippen molar-refractivity contribution in [1.29, 1.82) is 0 Å². The summed E-state index contributed by atoms with van der Waals surface area (Å²) in [5.74, 6) is 4.01. The Morgan fingerprint density at radius 2 is 1.69 bits per heavy atom. The molecule has 0 radical (unpaired) electrons. The van der Waals surface area contributed by atoms with E-state index in [2.05, 4.69) is 15.6 Å². The summed E-state index contributed by atoms with van der Waals surface area (Å²) in [7, 11) is -1.12. The summed E-state index contributed by atoms with van der Waals surface area (Å²) in [5.41, 5.74) is 0.586. The second-order valence-electron chi connectivity index (χ2n) is 9.13. The molecule has 4 rings (SSSR count). The van der Waals surface area contributed by atoms with E-state index in [1.165, 1.54) is 51.2 Å². The quantitative estimate of drug-likeness (QED) is 0.322. The number of halogens is 1. The van der Waals surface area contributed by atoms with Crippen molar-refractivity contribution in [3.8, 4) is 0 Å². The van der Waals surface area contributed by atoms with E-state index in [0.29, 0.717) is 11.8 Å². The van der Waals surface area contributed by atoms with Crippen LogP contribution in [0.4, 0.5) is 0 Å². The molecule has 1 atom stereocenters. The third kappa shape index (κ3) is 5.97. The van der Waals surface area contributed by atoms with Gasteiger partial charge in [0.2, 0.25) is 0 Å². The van der Waals surface area contributed by atoms with E-state index in [0.717, 1.165) is 30.3 Å². The van der Waals surface area contributed by atoms with Gasteiger partial charge in [-0.05, 0) is 81.5 Å². The van der Waals surface area contributed by atoms with Crippen molar-refractivity contribution in [3.05, 3.63) is 0 Å². The van der Waals surface area contributed by atoms with Gasteiger partial charge in [-0.15, -0.1) is 24.0 Å². The summed E-state index contributed by atoms with van der Waals surface area (Å²) >= 11 is 0. The standard InChI is InChI=1S/C19H35N3O2S.HI/c1-14(4-7-25(3,23)24)22-18(20-2)21-6-5-19-11-15-8-16(12-19)10-17(9-15)13-19;/h14-17H,4-13H2,1-3H3,(H2,20,21,22);1H. The zero-order valence-electron chi connectivity index (χ0n) is 16.5. The third-order valence-corrected chi connectivity index (χ3v) is 7.62. The second-order valence-corrected chi connectivity index (χ2v) is 11.4. The van der Waals surface area contributed by atoms with Crippen molar-refractivity contribution in [2.24, 2.45) is 28.2 Å². The van der Waals surface area contributed by atoms with Gasteiger partial charge in [-0.2, -0.15) is 0 Å². The molecule has 0 saturated heterocycles. The number of sulfone groups is 1. The molecule has 152 valence electrons. The lowest BCUT2D eigenvalue weighted by atomic mass is 9.49. The van der Waals surface area contributed by atoms with Crippen molar-refractivity contribution < 1.29 is 8.42 Å². The molecule has 0 spiro atoms. The fourth-order valence-electron chi connectivity index (χ4n) is 5.93. The molecule has 0 heterocycles. The Bertz CT molecular complexity index is 571. The molecule has 0 aromatic rings.